The van der Waals surface area contributed by atoms with E-state index in [1.54, 1.807) is 20.8 Å². The van der Waals surface area contributed by atoms with Crippen LogP contribution in [0.1, 0.15) is 40.2 Å². The number of carbonyl (C=O) groups excluding carboxylic acids is 1. The lowest BCUT2D eigenvalue weighted by molar-refractivity contribution is -0.0471. The maximum absolute atomic E-state index is 11.6. The lowest BCUT2D eigenvalue weighted by Crippen LogP contribution is -2.37. The van der Waals surface area contributed by atoms with Gasteiger partial charge in [0.2, 0.25) is 0 Å². The first-order valence-corrected chi connectivity index (χ1v) is 7.01. The lowest BCUT2D eigenvalue weighted by Gasteiger charge is -2.25. The van der Waals surface area contributed by atoms with Crippen LogP contribution in [0.2, 0.25) is 0 Å². The van der Waals surface area contributed by atoms with Crippen molar-refractivity contribution in [2.24, 2.45) is 0 Å². The highest BCUT2D eigenvalue weighted by molar-refractivity contribution is 5.64. The fourth-order valence-corrected chi connectivity index (χ4v) is 1.61. The monoisotopic (exact) mass is 312 g/mol. The Labute approximate surface area is 130 Å². The van der Waals surface area contributed by atoms with Crippen LogP contribution in [0.15, 0.2) is 18.2 Å². The van der Waals surface area contributed by atoms with Crippen LogP contribution >= 0.6 is 0 Å². The van der Waals surface area contributed by atoms with Crippen molar-refractivity contribution >= 4 is 6.16 Å². The highest BCUT2D eigenvalue weighted by Crippen LogP contribution is 2.27. The number of rotatable bonds is 4. The van der Waals surface area contributed by atoms with Crippen molar-refractivity contribution in [3.05, 3.63) is 23.8 Å². The van der Waals surface area contributed by atoms with Crippen molar-refractivity contribution in [3.8, 4) is 11.5 Å². The fraction of sp³-hybridized carbons (Fsp3) is 0.562. The summed E-state index contributed by atoms with van der Waals surface area (Å²) in [5, 5.41) is 29.4. The second kappa shape index (κ2) is 6.54. The number of benzene rings is 1. The normalized spacial score (nSPS) is 13.6. The van der Waals surface area contributed by atoms with Crippen LogP contribution in [0.3, 0.4) is 0 Å². The third-order valence-corrected chi connectivity index (χ3v) is 2.87. The van der Waals surface area contributed by atoms with Gasteiger partial charge in [0.25, 0.3) is 0 Å². The van der Waals surface area contributed by atoms with Crippen LogP contribution in [-0.2, 0) is 11.2 Å². The van der Waals surface area contributed by atoms with Crippen LogP contribution in [0.5, 0.6) is 11.5 Å². The predicted octanol–water partition coefficient (Wildman–Crippen LogP) is 2.38. The van der Waals surface area contributed by atoms with Crippen LogP contribution in [-0.4, -0.2) is 38.8 Å². The molecule has 0 heterocycles. The highest BCUT2D eigenvalue weighted by atomic mass is 16.7. The number of phenols is 1. The molecule has 0 aliphatic carbocycles. The van der Waals surface area contributed by atoms with Gasteiger partial charge in [-0.25, -0.2) is 4.79 Å². The van der Waals surface area contributed by atoms with Gasteiger partial charge in [0.15, 0.2) is 0 Å². The summed E-state index contributed by atoms with van der Waals surface area (Å²) < 4.78 is 10.1. The van der Waals surface area contributed by atoms with Crippen molar-refractivity contribution in [3.63, 3.8) is 0 Å². The second-order valence-electron chi connectivity index (χ2n) is 6.73. The summed E-state index contributed by atoms with van der Waals surface area (Å²) in [6.07, 6.45) is -1.91. The molecule has 1 unspecified atom stereocenters. The molecule has 124 valence electrons. The first-order valence-electron chi connectivity index (χ1n) is 7.01. The molecule has 0 saturated heterocycles. The Balaban J connectivity index is 2.84. The van der Waals surface area contributed by atoms with E-state index in [-0.39, 0.29) is 17.9 Å². The van der Waals surface area contributed by atoms with Gasteiger partial charge in [0, 0.05) is 12.0 Å². The minimum Gasteiger partial charge on any atom is -0.508 e. The molecular weight excluding hydrogens is 288 g/mol. The Bertz CT molecular complexity index is 524. The first kappa shape index (κ1) is 18.3. The lowest BCUT2D eigenvalue weighted by atomic mass is 9.95. The van der Waals surface area contributed by atoms with Crippen molar-refractivity contribution in [1.82, 2.24) is 0 Å². The van der Waals surface area contributed by atoms with Gasteiger partial charge in [-0.1, -0.05) is 0 Å². The number of hydrogen-bond donors (Lipinski definition) is 3. The number of phenolic OH excluding ortho intramolecular Hbond substituents is 1. The van der Waals surface area contributed by atoms with Gasteiger partial charge in [0.05, 0.1) is 11.7 Å². The molecule has 1 aromatic carbocycles. The Hall–Kier alpha value is -1.79. The zero-order valence-corrected chi connectivity index (χ0v) is 13.6. The molecule has 0 aliphatic heterocycles. The van der Waals surface area contributed by atoms with Gasteiger partial charge in [-0.15, -0.1) is 0 Å². The number of aliphatic hydroxyl groups excluding tert-OH is 1. The summed E-state index contributed by atoms with van der Waals surface area (Å²) in [4.78, 5) is 11.6. The van der Waals surface area contributed by atoms with Crippen molar-refractivity contribution < 1.29 is 29.6 Å². The Morgan fingerprint density at radius 2 is 1.82 bits per heavy atom. The summed E-state index contributed by atoms with van der Waals surface area (Å²) in [5.41, 5.74) is -1.63. The molecule has 1 aromatic rings. The average molecular weight is 312 g/mol. The number of ether oxygens (including phenoxy) is 2. The summed E-state index contributed by atoms with van der Waals surface area (Å²) in [6.45, 7) is 8.09. The first-order chi connectivity index (χ1) is 9.88. The summed E-state index contributed by atoms with van der Waals surface area (Å²) in [6, 6.07) is 4.19. The molecule has 0 aliphatic rings. The number of aliphatic hydroxyl groups is 2. The van der Waals surface area contributed by atoms with E-state index in [2.05, 4.69) is 0 Å². The molecule has 0 amide bonds. The largest absolute Gasteiger partial charge is 0.514 e. The maximum atomic E-state index is 11.6. The maximum Gasteiger partial charge on any atom is 0.514 e. The number of hydrogen-bond acceptors (Lipinski definition) is 6. The molecule has 6 nitrogen and oxygen atoms in total. The Morgan fingerprint density at radius 1 is 1.23 bits per heavy atom. The molecule has 22 heavy (non-hydrogen) atoms. The van der Waals surface area contributed by atoms with Crippen LogP contribution in [0, 0.1) is 0 Å². The van der Waals surface area contributed by atoms with Crippen LogP contribution in [0.25, 0.3) is 0 Å². The van der Waals surface area contributed by atoms with E-state index in [1.807, 2.05) is 0 Å². The molecule has 1 atom stereocenters. The van der Waals surface area contributed by atoms with E-state index >= 15 is 0 Å². The third kappa shape index (κ3) is 5.91. The van der Waals surface area contributed by atoms with Crippen molar-refractivity contribution in [2.75, 3.05) is 0 Å². The third-order valence-electron chi connectivity index (χ3n) is 2.87. The second-order valence-corrected chi connectivity index (χ2v) is 6.73. The highest BCUT2D eigenvalue weighted by Gasteiger charge is 2.26. The molecule has 0 spiro atoms. The molecule has 0 aromatic heterocycles. The molecule has 0 fully saturated rings. The SMILES string of the molecule is CC(C)(C)OC(=O)Oc1ccc(O)c(CC(O)C(C)(C)O)c1. The van der Waals surface area contributed by atoms with E-state index in [0.29, 0.717) is 5.56 Å². The van der Waals surface area contributed by atoms with Gasteiger partial charge >= 0.3 is 6.16 Å². The van der Waals surface area contributed by atoms with Gasteiger partial charge in [-0.3, -0.25) is 0 Å². The van der Waals surface area contributed by atoms with E-state index in [1.165, 1.54) is 32.0 Å². The van der Waals surface area contributed by atoms with E-state index in [4.69, 9.17) is 9.47 Å². The number of carbonyl (C=O) groups is 1. The average Bonchev–Trinajstić information content (AvgIpc) is 2.29. The van der Waals surface area contributed by atoms with Crippen molar-refractivity contribution in [1.29, 1.82) is 0 Å². The zero-order valence-electron chi connectivity index (χ0n) is 13.6. The van der Waals surface area contributed by atoms with Gasteiger partial charge in [-0.2, -0.15) is 0 Å². The molecule has 0 saturated carbocycles. The van der Waals surface area contributed by atoms with E-state index in [9.17, 15) is 20.1 Å². The molecule has 6 heteroatoms. The van der Waals surface area contributed by atoms with Crippen LogP contribution in [0.4, 0.5) is 4.79 Å². The van der Waals surface area contributed by atoms with Crippen molar-refractivity contribution in [2.45, 2.75) is 58.3 Å². The van der Waals surface area contributed by atoms with Crippen LogP contribution < -0.4 is 4.74 Å². The van der Waals surface area contributed by atoms with Gasteiger partial charge in [0.1, 0.15) is 17.1 Å². The summed E-state index contributed by atoms with van der Waals surface area (Å²) >= 11 is 0. The van der Waals surface area contributed by atoms with E-state index < -0.39 is 23.5 Å². The Kier molecular flexibility index (Phi) is 5.43. The Morgan fingerprint density at radius 3 is 2.32 bits per heavy atom. The minimum atomic E-state index is -1.31. The minimum absolute atomic E-state index is 0.0147. The van der Waals surface area contributed by atoms with Gasteiger partial charge in [-0.05, 0) is 52.8 Å². The molecule has 0 radical (unpaired) electrons. The fourth-order valence-electron chi connectivity index (χ4n) is 1.61. The predicted molar refractivity (Wildman–Crippen MR) is 81.0 cm³/mol. The summed E-state index contributed by atoms with van der Waals surface area (Å²) in [7, 11) is 0. The standard InChI is InChI=1S/C16H24O6/c1-15(2,3)22-14(19)21-11-6-7-12(17)10(8-11)9-13(18)16(4,5)20/h6-8,13,17-18,20H,9H2,1-5H3. The molecule has 0 bridgehead atoms. The quantitative estimate of drug-likeness (QED) is 0.583. The summed E-state index contributed by atoms with van der Waals surface area (Å²) in [5.74, 6) is 0.129. The smallest absolute Gasteiger partial charge is 0.508 e. The zero-order chi connectivity index (χ0) is 17.1. The molecule has 1 rings (SSSR count). The molecular formula is C16H24O6. The van der Waals surface area contributed by atoms with Gasteiger partial charge < -0.3 is 24.8 Å². The number of aromatic hydroxyl groups is 1. The van der Waals surface area contributed by atoms with E-state index in [0.717, 1.165) is 0 Å². The molecule has 3 N–H and O–H groups in total. The topological polar surface area (TPSA) is 96.2 Å².